The van der Waals surface area contributed by atoms with Crippen LogP contribution in [0.1, 0.15) is 39.8 Å². The molecule has 2 atom stereocenters. The standard InChI is InChI=1S/C20H19F2N3O5.Na/c1-10-4-5-30-15-9-24-8-13(17(26)18(27)16(24)20(29)25(10)15)19(28)23-7-11-2-3-12(21)6-14(11)22;/h2-3,6,8,10,15,27H,4-5,7,9H2,1H3,(H,23,28);/q;+1/p-1/t10-,15-;/m1./s1. The largest absolute Gasteiger partial charge is 1.00 e. The van der Waals surface area contributed by atoms with E-state index < -0.39 is 46.4 Å². The molecule has 3 heterocycles. The fraction of sp³-hybridized carbons (Fsp3) is 0.350. The van der Waals surface area contributed by atoms with E-state index >= 15 is 0 Å². The van der Waals surface area contributed by atoms with Crippen molar-refractivity contribution in [1.82, 2.24) is 14.8 Å². The third kappa shape index (κ3) is 4.25. The number of carbonyl (C=O) groups excluding carboxylic acids is 2. The Kier molecular flexibility index (Phi) is 6.85. The van der Waals surface area contributed by atoms with Gasteiger partial charge in [0.25, 0.3) is 11.8 Å². The van der Waals surface area contributed by atoms with E-state index in [1.807, 2.05) is 6.92 Å². The van der Waals surface area contributed by atoms with Gasteiger partial charge in [-0.1, -0.05) is 6.07 Å². The molecule has 0 spiro atoms. The summed E-state index contributed by atoms with van der Waals surface area (Å²) in [6, 6.07) is 2.73. The monoisotopic (exact) mass is 441 g/mol. The van der Waals surface area contributed by atoms with E-state index in [9.17, 15) is 28.3 Å². The van der Waals surface area contributed by atoms with Crippen molar-refractivity contribution in [3.05, 3.63) is 63.1 Å². The molecule has 0 saturated carbocycles. The molecule has 2 aliphatic rings. The Labute approximate surface area is 198 Å². The normalized spacial score (nSPS) is 19.8. The summed E-state index contributed by atoms with van der Waals surface area (Å²) in [6.07, 6.45) is 1.16. The second-order valence-electron chi connectivity index (χ2n) is 7.30. The quantitative estimate of drug-likeness (QED) is 0.541. The smallest absolute Gasteiger partial charge is 0.868 e. The van der Waals surface area contributed by atoms with Crippen LogP contribution in [0, 0.1) is 11.6 Å². The Morgan fingerprint density at radius 3 is 2.77 bits per heavy atom. The van der Waals surface area contributed by atoms with E-state index in [1.54, 1.807) is 0 Å². The van der Waals surface area contributed by atoms with Gasteiger partial charge in [-0.15, -0.1) is 0 Å². The van der Waals surface area contributed by atoms with E-state index in [4.69, 9.17) is 4.74 Å². The topological polar surface area (TPSA) is 104 Å². The number of carbonyl (C=O) groups is 2. The predicted octanol–water partition coefficient (Wildman–Crippen LogP) is -2.28. The summed E-state index contributed by atoms with van der Waals surface area (Å²) in [5.41, 5.74) is -1.87. The maximum Gasteiger partial charge on any atom is 1.00 e. The zero-order chi connectivity index (χ0) is 21.6. The molecule has 158 valence electrons. The number of amides is 2. The van der Waals surface area contributed by atoms with Crippen molar-refractivity contribution in [2.75, 3.05) is 6.61 Å². The van der Waals surface area contributed by atoms with Crippen LogP contribution in [0.3, 0.4) is 0 Å². The number of fused-ring (bicyclic) bond motifs is 2. The first-order valence-electron chi connectivity index (χ1n) is 9.38. The van der Waals surface area contributed by atoms with Crippen LogP contribution in [-0.2, 0) is 17.8 Å². The maximum absolute atomic E-state index is 13.7. The van der Waals surface area contributed by atoms with Gasteiger partial charge < -0.3 is 24.6 Å². The second kappa shape index (κ2) is 9.07. The molecule has 0 bridgehead atoms. The number of ether oxygens (including phenoxy) is 1. The maximum atomic E-state index is 13.7. The van der Waals surface area contributed by atoms with Gasteiger partial charge in [0.05, 0.1) is 13.2 Å². The number of pyridine rings is 1. The summed E-state index contributed by atoms with van der Waals surface area (Å²) >= 11 is 0. The Bertz CT molecular complexity index is 1110. The van der Waals surface area contributed by atoms with Crippen molar-refractivity contribution in [2.45, 2.75) is 38.7 Å². The van der Waals surface area contributed by atoms with E-state index in [0.29, 0.717) is 19.1 Å². The van der Waals surface area contributed by atoms with Gasteiger partial charge in [-0.3, -0.25) is 14.4 Å². The number of hydrogen-bond donors (Lipinski definition) is 1. The molecule has 1 saturated heterocycles. The zero-order valence-corrected chi connectivity index (χ0v) is 19.0. The summed E-state index contributed by atoms with van der Waals surface area (Å²) in [6.45, 7) is 2.08. The first-order chi connectivity index (χ1) is 14.3. The predicted molar refractivity (Wildman–Crippen MR) is 97.7 cm³/mol. The number of nitrogens with zero attached hydrogens (tertiary/aromatic N) is 2. The van der Waals surface area contributed by atoms with Crippen molar-refractivity contribution in [1.29, 1.82) is 0 Å². The number of rotatable bonds is 3. The summed E-state index contributed by atoms with van der Waals surface area (Å²) in [7, 11) is 0. The van der Waals surface area contributed by atoms with Crippen molar-refractivity contribution in [2.24, 2.45) is 0 Å². The van der Waals surface area contributed by atoms with Crippen LogP contribution in [-0.4, -0.2) is 40.2 Å². The van der Waals surface area contributed by atoms with Crippen molar-refractivity contribution in [3.63, 3.8) is 0 Å². The van der Waals surface area contributed by atoms with Gasteiger partial charge >= 0.3 is 29.6 Å². The molecule has 1 aromatic heterocycles. The van der Waals surface area contributed by atoms with Crippen LogP contribution < -0.4 is 45.4 Å². The molecule has 4 rings (SSSR count). The fourth-order valence-corrected chi connectivity index (χ4v) is 3.74. The number of halogens is 2. The third-order valence-corrected chi connectivity index (χ3v) is 5.36. The number of benzene rings is 1. The average Bonchev–Trinajstić information content (AvgIpc) is 2.69. The molecule has 2 aromatic rings. The number of nitrogens with one attached hydrogen (secondary N) is 1. The van der Waals surface area contributed by atoms with Crippen LogP contribution in [0.25, 0.3) is 0 Å². The van der Waals surface area contributed by atoms with Crippen LogP contribution in [0.5, 0.6) is 5.75 Å². The zero-order valence-electron chi connectivity index (χ0n) is 17.0. The van der Waals surface area contributed by atoms with Gasteiger partial charge in [0, 0.05) is 30.4 Å². The first-order valence-corrected chi connectivity index (χ1v) is 9.38. The molecule has 0 unspecified atom stereocenters. The van der Waals surface area contributed by atoms with Gasteiger partial charge in [0.15, 0.2) is 11.7 Å². The van der Waals surface area contributed by atoms with Gasteiger partial charge in [-0.25, -0.2) is 8.78 Å². The average molecular weight is 441 g/mol. The van der Waals surface area contributed by atoms with E-state index in [2.05, 4.69) is 5.32 Å². The molecule has 8 nitrogen and oxygen atoms in total. The molecule has 0 aliphatic carbocycles. The van der Waals surface area contributed by atoms with Crippen molar-refractivity contribution < 1.29 is 57.8 Å². The van der Waals surface area contributed by atoms with E-state index in [1.165, 1.54) is 15.5 Å². The SMILES string of the molecule is C[C@@H]1CCO[C@@H]2Cn3cc(C(=O)NCc4ccc(F)cc4F)c(=O)c([O-])c3C(=O)N12.[Na+]. The van der Waals surface area contributed by atoms with E-state index in [0.717, 1.165) is 12.3 Å². The fourth-order valence-electron chi connectivity index (χ4n) is 3.74. The summed E-state index contributed by atoms with van der Waals surface area (Å²) in [5, 5.41) is 14.9. The van der Waals surface area contributed by atoms with E-state index in [-0.39, 0.29) is 59.9 Å². The molecular weight excluding hydrogens is 423 g/mol. The first kappa shape index (κ1) is 23.4. The number of hydrogen-bond acceptors (Lipinski definition) is 5. The Morgan fingerprint density at radius 1 is 1.32 bits per heavy atom. The molecule has 11 heteroatoms. The second-order valence-corrected chi connectivity index (χ2v) is 7.30. The van der Waals surface area contributed by atoms with Gasteiger partial charge in [0.1, 0.15) is 22.9 Å². The molecule has 1 fully saturated rings. The summed E-state index contributed by atoms with van der Waals surface area (Å²) in [4.78, 5) is 39.2. The molecule has 1 aromatic carbocycles. The Hall–Kier alpha value is -2.27. The molecule has 2 amide bonds. The van der Waals surface area contributed by atoms with Crippen LogP contribution in [0.2, 0.25) is 0 Å². The van der Waals surface area contributed by atoms with Crippen molar-refractivity contribution in [3.8, 4) is 5.75 Å². The third-order valence-electron chi connectivity index (χ3n) is 5.36. The van der Waals surface area contributed by atoms with Gasteiger partial charge in [0.2, 0.25) is 0 Å². The molecule has 2 aliphatic heterocycles. The minimum Gasteiger partial charge on any atom is -0.868 e. The van der Waals surface area contributed by atoms with Gasteiger partial charge in [-0.05, 0) is 25.2 Å². The van der Waals surface area contributed by atoms with Crippen molar-refractivity contribution >= 4 is 11.8 Å². The summed E-state index contributed by atoms with van der Waals surface area (Å²) in [5.74, 6) is -4.19. The summed E-state index contributed by atoms with van der Waals surface area (Å²) < 4.78 is 33.6. The van der Waals surface area contributed by atoms with Crippen LogP contribution in [0.4, 0.5) is 8.78 Å². The number of aromatic nitrogens is 1. The van der Waals surface area contributed by atoms with Crippen LogP contribution >= 0.6 is 0 Å². The Morgan fingerprint density at radius 2 is 2.06 bits per heavy atom. The van der Waals surface area contributed by atoms with Crippen LogP contribution in [0.15, 0.2) is 29.2 Å². The molecule has 1 N–H and O–H groups in total. The Balaban J connectivity index is 0.00000272. The minimum atomic E-state index is -1.12. The molecule has 31 heavy (non-hydrogen) atoms. The molecular formula is C20H18F2N3NaO5. The minimum absolute atomic E-state index is 0. The van der Waals surface area contributed by atoms with Gasteiger partial charge in [-0.2, -0.15) is 0 Å². The molecule has 0 radical (unpaired) electrons.